The summed E-state index contributed by atoms with van der Waals surface area (Å²) < 4.78 is 0. The van der Waals surface area contributed by atoms with Gasteiger partial charge in [-0.25, -0.2) is 4.85 Å². The van der Waals surface area contributed by atoms with Crippen molar-refractivity contribution in [3.8, 4) is 0 Å². The minimum Gasteiger partial charge on any atom is -0.226 e. The van der Waals surface area contributed by atoms with Crippen LogP contribution in [0.3, 0.4) is 0 Å². The molecule has 1 heterocycles. The lowest BCUT2D eigenvalue weighted by atomic mass is 9.87. The maximum Gasteiger partial charge on any atom is 0.244 e. The summed E-state index contributed by atoms with van der Waals surface area (Å²) in [4.78, 5) is 3.47. The summed E-state index contributed by atoms with van der Waals surface area (Å²) in [6.45, 7) is 15.5. The smallest absolute Gasteiger partial charge is 0.226 e. The molecule has 1 aromatic heterocycles. The zero-order valence-electron chi connectivity index (χ0n) is 7.93. The number of thiophene rings is 1. The molecule has 0 aliphatic carbocycles. The Labute approximate surface area is 77.9 Å². The molecule has 0 N–H and O–H groups in total. The molecular weight excluding hydrogens is 166 g/mol. The van der Waals surface area contributed by atoms with Crippen LogP contribution in [0.2, 0.25) is 0 Å². The van der Waals surface area contributed by atoms with Crippen LogP contribution in [-0.2, 0) is 5.41 Å². The van der Waals surface area contributed by atoms with Gasteiger partial charge in [0.1, 0.15) is 0 Å². The van der Waals surface area contributed by atoms with Crippen LogP contribution in [-0.4, -0.2) is 0 Å². The Bertz CT molecular complexity index is 323. The van der Waals surface area contributed by atoms with Crippen LogP contribution in [0.4, 0.5) is 5.00 Å². The number of rotatable bonds is 0. The molecule has 0 aliphatic heterocycles. The molecule has 64 valence electrons. The Morgan fingerprint density at radius 1 is 1.42 bits per heavy atom. The summed E-state index contributed by atoms with van der Waals surface area (Å²) in [7, 11) is 0. The highest BCUT2D eigenvalue weighted by Gasteiger charge is 2.19. The van der Waals surface area contributed by atoms with Crippen LogP contribution in [0.15, 0.2) is 5.38 Å². The van der Waals surface area contributed by atoms with Crippen molar-refractivity contribution in [1.29, 1.82) is 0 Å². The average Bonchev–Trinajstić information content (AvgIpc) is 2.29. The van der Waals surface area contributed by atoms with Crippen molar-refractivity contribution >= 4 is 16.3 Å². The molecule has 1 nitrogen and oxygen atoms in total. The normalized spacial score (nSPS) is 11.2. The maximum absolute atomic E-state index is 6.94. The Balaban J connectivity index is 3.22. The Hall–Kier alpha value is -0.810. The van der Waals surface area contributed by atoms with Gasteiger partial charge in [-0.3, -0.25) is 0 Å². The van der Waals surface area contributed by atoms with Crippen LogP contribution in [0.1, 0.15) is 31.9 Å². The molecule has 0 saturated heterocycles. The third kappa shape index (κ3) is 1.51. The first-order valence-corrected chi connectivity index (χ1v) is 4.81. The molecule has 0 amide bonds. The van der Waals surface area contributed by atoms with Crippen molar-refractivity contribution in [1.82, 2.24) is 0 Å². The van der Waals surface area contributed by atoms with E-state index in [1.54, 1.807) is 11.3 Å². The summed E-state index contributed by atoms with van der Waals surface area (Å²) in [5, 5.41) is 2.93. The summed E-state index contributed by atoms with van der Waals surface area (Å²) in [5.74, 6) is 0. The lowest BCUT2D eigenvalue weighted by molar-refractivity contribution is 0.589. The predicted molar refractivity (Wildman–Crippen MR) is 54.0 cm³/mol. The quantitative estimate of drug-likeness (QED) is 0.532. The van der Waals surface area contributed by atoms with Crippen LogP contribution < -0.4 is 0 Å². The lowest BCUT2D eigenvalue weighted by Gasteiger charge is -2.18. The van der Waals surface area contributed by atoms with Crippen molar-refractivity contribution in [3.63, 3.8) is 0 Å². The fourth-order valence-electron chi connectivity index (χ4n) is 1.26. The second kappa shape index (κ2) is 2.91. The van der Waals surface area contributed by atoms with Gasteiger partial charge >= 0.3 is 0 Å². The first-order valence-electron chi connectivity index (χ1n) is 3.93. The highest BCUT2D eigenvalue weighted by atomic mass is 32.1. The van der Waals surface area contributed by atoms with Gasteiger partial charge in [0.15, 0.2) is 0 Å². The van der Waals surface area contributed by atoms with Crippen molar-refractivity contribution in [2.24, 2.45) is 0 Å². The summed E-state index contributed by atoms with van der Waals surface area (Å²) in [6.07, 6.45) is 0. The summed E-state index contributed by atoms with van der Waals surface area (Å²) >= 11 is 1.55. The monoisotopic (exact) mass is 179 g/mol. The first-order chi connectivity index (χ1) is 5.46. The van der Waals surface area contributed by atoms with Gasteiger partial charge < -0.3 is 0 Å². The Kier molecular flexibility index (Phi) is 2.25. The van der Waals surface area contributed by atoms with E-state index in [1.165, 1.54) is 5.56 Å². The molecule has 0 aromatic carbocycles. The van der Waals surface area contributed by atoms with E-state index >= 15 is 0 Å². The van der Waals surface area contributed by atoms with Gasteiger partial charge in [0.25, 0.3) is 0 Å². The molecule has 0 aliphatic rings. The van der Waals surface area contributed by atoms with E-state index in [4.69, 9.17) is 6.57 Å². The van der Waals surface area contributed by atoms with Gasteiger partial charge in [0, 0.05) is 0 Å². The molecule has 0 fully saturated rings. The SMILES string of the molecule is [C-]#[N+]c1scc(C(C)(C)C)c1C. The number of hydrogen-bond donors (Lipinski definition) is 0. The Morgan fingerprint density at radius 3 is 2.25 bits per heavy atom. The predicted octanol–water partition coefficient (Wildman–Crippen LogP) is 3.90. The molecule has 0 bridgehead atoms. The second-order valence-electron chi connectivity index (χ2n) is 3.94. The first kappa shape index (κ1) is 9.28. The molecule has 0 spiro atoms. The van der Waals surface area contributed by atoms with Crippen LogP contribution in [0, 0.1) is 13.5 Å². The molecule has 1 aromatic rings. The minimum atomic E-state index is 0.170. The van der Waals surface area contributed by atoms with Gasteiger partial charge in [-0.05, 0) is 28.8 Å². The third-order valence-corrected chi connectivity index (χ3v) is 2.90. The van der Waals surface area contributed by atoms with E-state index in [1.807, 2.05) is 6.92 Å². The topological polar surface area (TPSA) is 4.36 Å². The van der Waals surface area contributed by atoms with Crippen LogP contribution in [0.5, 0.6) is 0 Å². The van der Waals surface area contributed by atoms with E-state index in [9.17, 15) is 0 Å². The molecule has 0 unspecified atom stereocenters. The molecule has 12 heavy (non-hydrogen) atoms. The van der Waals surface area contributed by atoms with Crippen LogP contribution in [0.25, 0.3) is 4.85 Å². The third-order valence-electron chi connectivity index (χ3n) is 1.92. The van der Waals surface area contributed by atoms with E-state index in [0.29, 0.717) is 0 Å². The molecule has 0 saturated carbocycles. The van der Waals surface area contributed by atoms with Crippen molar-refractivity contribution in [2.75, 3.05) is 0 Å². The van der Waals surface area contributed by atoms with Crippen molar-refractivity contribution in [2.45, 2.75) is 33.1 Å². The highest BCUT2D eigenvalue weighted by Crippen LogP contribution is 2.36. The average molecular weight is 179 g/mol. The molecule has 0 radical (unpaired) electrons. The number of nitrogens with zero attached hydrogens (tertiary/aromatic N) is 1. The van der Waals surface area contributed by atoms with Crippen molar-refractivity contribution in [3.05, 3.63) is 27.9 Å². The zero-order valence-corrected chi connectivity index (χ0v) is 8.75. The van der Waals surface area contributed by atoms with Crippen LogP contribution >= 0.6 is 11.3 Å². The Morgan fingerprint density at radius 2 is 2.00 bits per heavy atom. The summed E-state index contributed by atoms with van der Waals surface area (Å²) in [6, 6.07) is 0. The van der Waals surface area contributed by atoms with Gasteiger partial charge in [-0.2, -0.15) is 11.3 Å². The fourth-order valence-corrected chi connectivity index (χ4v) is 2.36. The highest BCUT2D eigenvalue weighted by molar-refractivity contribution is 7.14. The zero-order chi connectivity index (χ0) is 9.35. The fraction of sp³-hybridized carbons (Fsp3) is 0.500. The van der Waals surface area contributed by atoms with Gasteiger partial charge in [0.05, 0.1) is 6.57 Å². The molecule has 2 heteroatoms. The standard InChI is InChI=1S/C10H13NS/c1-7-8(10(2,3)4)6-12-9(7)11-5/h6H,1-4H3. The largest absolute Gasteiger partial charge is 0.244 e. The minimum absolute atomic E-state index is 0.170. The summed E-state index contributed by atoms with van der Waals surface area (Å²) in [5.41, 5.74) is 2.63. The van der Waals surface area contributed by atoms with E-state index in [0.717, 1.165) is 10.6 Å². The number of hydrogen-bond acceptors (Lipinski definition) is 1. The molecule has 0 atom stereocenters. The van der Waals surface area contributed by atoms with E-state index in [-0.39, 0.29) is 5.41 Å². The van der Waals surface area contributed by atoms with Gasteiger partial charge in [-0.1, -0.05) is 20.8 Å². The van der Waals surface area contributed by atoms with Gasteiger partial charge in [-0.15, -0.1) is 0 Å². The lowest BCUT2D eigenvalue weighted by Crippen LogP contribution is -2.10. The second-order valence-corrected chi connectivity index (χ2v) is 4.80. The van der Waals surface area contributed by atoms with E-state index in [2.05, 4.69) is 31.0 Å². The maximum atomic E-state index is 6.94. The van der Waals surface area contributed by atoms with Gasteiger partial charge in [0.2, 0.25) is 5.00 Å². The van der Waals surface area contributed by atoms with Crippen molar-refractivity contribution < 1.29 is 0 Å². The molecule has 1 rings (SSSR count). The molecular formula is C10H13NS. The van der Waals surface area contributed by atoms with E-state index < -0.39 is 0 Å².